The first-order valence-electron chi connectivity index (χ1n) is 7.50. The first-order chi connectivity index (χ1) is 9.66. The van der Waals surface area contributed by atoms with E-state index in [1.54, 1.807) is 0 Å². The summed E-state index contributed by atoms with van der Waals surface area (Å²) in [5.74, 6) is 0.555. The van der Waals surface area contributed by atoms with Gasteiger partial charge >= 0.3 is 0 Å². The van der Waals surface area contributed by atoms with Gasteiger partial charge in [0, 0.05) is 12.2 Å². The van der Waals surface area contributed by atoms with Gasteiger partial charge in [-0.3, -0.25) is 4.79 Å². The van der Waals surface area contributed by atoms with E-state index in [9.17, 15) is 4.79 Å². The van der Waals surface area contributed by atoms with Crippen LogP contribution in [0.15, 0.2) is 30.5 Å². The molecule has 0 radical (unpaired) electrons. The molecule has 2 aliphatic rings. The van der Waals surface area contributed by atoms with E-state index in [1.807, 2.05) is 24.3 Å². The predicted molar refractivity (Wildman–Crippen MR) is 80.7 cm³/mol. The van der Waals surface area contributed by atoms with E-state index in [4.69, 9.17) is 5.73 Å². The Morgan fingerprint density at radius 3 is 2.60 bits per heavy atom. The van der Waals surface area contributed by atoms with Crippen LogP contribution in [0.3, 0.4) is 0 Å². The molecule has 0 saturated heterocycles. The zero-order valence-corrected chi connectivity index (χ0v) is 12.0. The zero-order valence-electron chi connectivity index (χ0n) is 12.0. The summed E-state index contributed by atoms with van der Waals surface area (Å²) in [5.41, 5.74) is 7.84. The summed E-state index contributed by atoms with van der Waals surface area (Å²) in [6.45, 7) is 2.31. The summed E-state index contributed by atoms with van der Waals surface area (Å²) < 4.78 is 0. The highest BCUT2D eigenvalue weighted by atomic mass is 16.1. The van der Waals surface area contributed by atoms with Gasteiger partial charge in [-0.05, 0) is 48.8 Å². The van der Waals surface area contributed by atoms with Crippen molar-refractivity contribution >= 4 is 12.0 Å². The number of fused-ring (bicyclic) bond motifs is 1. The Kier molecular flexibility index (Phi) is 3.51. The van der Waals surface area contributed by atoms with Gasteiger partial charge in [0.05, 0.1) is 0 Å². The minimum Gasteiger partial charge on any atom is -0.368 e. The average molecular weight is 270 g/mol. The first kappa shape index (κ1) is 13.2. The number of carbonyl (C=O) groups excluding carboxylic acids is 1. The van der Waals surface area contributed by atoms with Gasteiger partial charge in [-0.25, -0.2) is 0 Å². The molecule has 0 bridgehead atoms. The Morgan fingerprint density at radius 2 is 1.90 bits per heavy atom. The molecule has 1 aliphatic carbocycles. The van der Waals surface area contributed by atoms with Crippen molar-refractivity contribution in [2.45, 2.75) is 44.7 Å². The van der Waals surface area contributed by atoms with Crippen molar-refractivity contribution in [2.24, 2.45) is 11.7 Å². The molecule has 1 aliphatic heterocycles. The maximum atomic E-state index is 12.0. The van der Waals surface area contributed by atoms with Gasteiger partial charge in [-0.15, -0.1) is 0 Å². The molecule has 1 aromatic rings. The molecule has 1 atom stereocenters. The van der Waals surface area contributed by atoms with Gasteiger partial charge in [0.25, 0.3) is 0 Å². The van der Waals surface area contributed by atoms with E-state index in [0.29, 0.717) is 6.04 Å². The molecule has 1 amide bonds. The number of primary amides is 1. The molecule has 20 heavy (non-hydrogen) atoms. The second-order valence-corrected chi connectivity index (χ2v) is 6.11. The molecule has 0 aromatic heterocycles. The maximum absolute atomic E-state index is 12.0. The molecule has 106 valence electrons. The van der Waals surface area contributed by atoms with E-state index < -0.39 is 0 Å². The van der Waals surface area contributed by atoms with E-state index in [2.05, 4.69) is 24.1 Å². The molecule has 1 fully saturated rings. The molecule has 1 heterocycles. The Bertz CT molecular complexity index is 530. The molecule has 3 nitrogen and oxygen atoms in total. The number of nitrogens with zero attached hydrogens (tertiary/aromatic N) is 1. The highest BCUT2D eigenvalue weighted by molar-refractivity contribution is 5.84. The van der Waals surface area contributed by atoms with Crippen LogP contribution < -0.4 is 5.73 Å². The molecule has 2 N–H and O–H groups in total. The van der Waals surface area contributed by atoms with Crippen molar-refractivity contribution in [3.8, 4) is 0 Å². The smallest absolute Gasteiger partial charge is 0.244 e. The number of nitrogens with two attached hydrogens (primary N) is 1. The van der Waals surface area contributed by atoms with Crippen LogP contribution >= 0.6 is 0 Å². The highest BCUT2D eigenvalue weighted by Gasteiger charge is 2.33. The first-order valence-corrected chi connectivity index (χ1v) is 7.50. The zero-order chi connectivity index (χ0) is 14.1. The Morgan fingerprint density at radius 1 is 1.20 bits per heavy atom. The lowest BCUT2D eigenvalue weighted by Crippen LogP contribution is -2.43. The number of benzene rings is 1. The topological polar surface area (TPSA) is 46.3 Å². The second kappa shape index (κ2) is 5.31. The molecule has 1 saturated carbocycles. The van der Waals surface area contributed by atoms with Crippen LogP contribution in [0, 0.1) is 5.92 Å². The Labute approximate surface area is 120 Å². The molecular weight excluding hydrogens is 248 g/mol. The van der Waals surface area contributed by atoms with Crippen LogP contribution in [0.5, 0.6) is 0 Å². The number of hydrogen-bond donors (Lipinski definition) is 1. The van der Waals surface area contributed by atoms with E-state index >= 15 is 0 Å². The summed E-state index contributed by atoms with van der Waals surface area (Å²) >= 11 is 0. The molecule has 1 aromatic carbocycles. The van der Waals surface area contributed by atoms with Crippen molar-refractivity contribution in [3.05, 3.63) is 41.6 Å². The molecule has 1 unspecified atom stereocenters. The lowest BCUT2D eigenvalue weighted by molar-refractivity contribution is -0.123. The van der Waals surface area contributed by atoms with Crippen LogP contribution in [0.2, 0.25) is 0 Å². The lowest BCUT2D eigenvalue weighted by atomic mass is 9.84. The van der Waals surface area contributed by atoms with Crippen LogP contribution in [0.25, 0.3) is 6.08 Å². The van der Waals surface area contributed by atoms with Crippen LogP contribution in [0.4, 0.5) is 0 Å². The number of hydrogen-bond acceptors (Lipinski definition) is 2. The molecular formula is C17H22N2O. The van der Waals surface area contributed by atoms with E-state index in [0.717, 1.165) is 29.9 Å². The summed E-state index contributed by atoms with van der Waals surface area (Å²) in [7, 11) is 0. The van der Waals surface area contributed by atoms with Gasteiger partial charge < -0.3 is 10.6 Å². The number of amides is 1. The monoisotopic (exact) mass is 270 g/mol. The highest BCUT2D eigenvalue weighted by Crippen LogP contribution is 2.36. The minimum absolute atomic E-state index is 0.250. The summed E-state index contributed by atoms with van der Waals surface area (Å²) in [4.78, 5) is 14.2. The normalized spacial score (nSPS) is 29.1. The largest absolute Gasteiger partial charge is 0.368 e. The van der Waals surface area contributed by atoms with Gasteiger partial charge in [0.15, 0.2) is 0 Å². The van der Waals surface area contributed by atoms with Crippen molar-refractivity contribution in [1.29, 1.82) is 0 Å². The summed E-state index contributed by atoms with van der Waals surface area (Å²) in [6, 6.07) is 8.17. The van der Waals surface area contributed by atoms with Crippen molar-refractivity contribution < 1.29 is 4.79 Å². The summed E-state index contributed by atoms with van der Waals surface area (Å²) in [5, 5.41) is 0. The van der Waals surface area contributed by atoms with Crippen LogP contribution in [-0.4, -0.2) is 16.8 Å². The minimum atomic E-state index is -0.311. The van der Waals surface area contributed by atoms with Crippen molar-refractivity contribution in [2.75, 3.05) is 0 Å². The van der Waals surface area contributed by atoms with Gasteiger partial charge in [-0.2, -0.15) is 0 Å². The summed E-state index contributed by atoms with van der Waals surface area (Å²) in [6.07, 6.45) is 8.95. The maximum Gasteiger partial charge on any atom is 0.244 e. The molecule has 3 rings (SSSR count). The van der Waals surface area contributed by atoms with Crippen LogP contribution in [-0.2, 0) is 4.79 Å². The fraction of sp³-hybridized carbons (Fsp3) is 0.471. The van der Waals surface area contributed by atoms with Crippen molar-refractivity contribution in [1.82, 2.24) is 4.90 Å². The van der Waals surface area contributed by atoms with Gasteiger partial charge in [0.1, 0.15) is 6.04 Å². The Hall–Kier alpha value is -1.77. The third kappa shape index (κ3) is 2.33. The fourth-order valence-corrected chi connectivity index (χ4v) is 3.50. The van der Waals surface area contributed by atoms with E-state index in [-0.39, 0.29) is 11.9 Å². The second-order valence-electron chi connectivity index (χ2n) is 6.11. The van der Waals surface area contributed by atoms with E-state index in [1.165, 1.54) is 12.8 Å². The van der Waals surface area contributed by atoms with Crippen molar-refractivity contribution in [3.63, 3.8) is 0 Å². The third-order valence-corrected chi connectivity index (χ3v) is 4.69. The van der Waals surface area contributed by atoms with Gasteiger partial charge in [0.2, 0.25) is 5.91 Å². The quantitative estimate of drug-likeness (QED) is 0.897. The number of rotatable bonds is 2. The number of carbonyl (C=O) groups is 1. The molecule has 0 spiro atoms. The van der Waals surface area contributed by atoms with Crippen LogP contribution in [0.1, 0.15) is 49.8 Å². The fourth-order valence-electron chi connectivity index (χ4n) is 3.50. The standard InChI is InChI=1S/C17H22N2O/c1-12-6-8-14(9-7-12)19-11-10-13-4-2-3-5-15(13)16(19)17(18)20/h2-5,10-12,14,16H,6-9H2,1H3,(H2,18,20). The average Bonchev–Trinajstić information content (AvgIpc) is 2.46. The predicted octanol–water partition coefficient (Wildman–Crippen LogP) is 3.08. The molecule has 3 heteroatoms. The Balaban J connectivity index is 1.90. The van der Waals surface area contributed by atoms with Gasteiger partial charge in [-0.1, -0.05) is 31.2 Å². The third-order valence-electron chi connectivity index (χ3n) is 4.69. The lowest BCUT2D eigenvalue weighted by Gasteiger charge is -2.41. The SMILES string of the molecule is CC1CCC(N2C=Cc3ccccc3C2C(N)=O)CC1.